The van der Waals surface area contributed by atoms with Crippen LogP contribution < -0.4 is 5.32 Å². The number of carbonyl (C=O) groups is 1. The van der Waals surface area contributed by atoms with E-state index in [1.54, 1.807) is 6.20 Å². The van der Waals surface area contributed by atoms with Crippen molar-refractivity contribution in [3.63, 3.8) is 0 Å². The van der Waals surface area contributed by atoms with Gasteiger partial charge < -0.3 is 4.74 Å². The Morgan fingerprint density at radius 1 is 1.40 bits per heavy atom. The molecule has 15 heavy (non-hydrogen) atoms. The van der Waals surface area contributed by atoms with Crippen molar-refractivity contribution >= 4 is 6.09 Å². The number of hydrogen-bond acceptors (Lipinski definition) is 2. The van der Waals surface area contributed by atoms with Crippen LogP contribution in [-0.2, 0) is 11.3 Å². The molecule has 80 valence electrons. The molecule has 0 saturated carbocycles. The van der Waals surface area contributed by atoms with Gasteiger partial charge in [-0.25, -0.2) is 4.79 Å². The van der Waals surface area contributed by atoms with E-state index in [1.807, 2.05) is 43.3 Å². The van der Waals surface area contributed by atoms with Crippen molar-refractivity contribution in [2.45, 2.75) is 20.0 Å². The van der Waals surface area contributed by atoms with Crippen molar-refractivity contribution in [1.29, 1.82) is 0 Å². The minimum absolute atomic E-state index is 0.298. The molecule has 0 aliphatic carbocycles. The van der Waals surface area contributed by atoms with Gasteiger partial charge in [-0.1, -0.05) is 43.3 Å². The molecule has 0 bridgehead atoms. The molecule has 0 radical (unpaired) electrons. The van der Waals surface area contributed by atoms with Gasteiger partial charge in [0, 0.05) is 6.20 Å². The molecule has 0 aromatic heterocycles. The average molecular weight is 205 g/mol. The molecule has 0 aliphatic heterocycles. The van der Waals surface area contributed by atoms with Crippen molar-refractivity contribution in [2.75, 3.05) is 0 Å². The molecule has 0 heterocycles. The van der Waals surface area contributed by atoms with Crippen molar-refractivity contribution in [1.82, 2.24) is 5.32 Å². The molecule has 0 spiro atoms. The van der Waals surface area contributed by atoms with E-state index in [4.69, 9.17) is 4.74 Å². The Labute approximate surface area is 89.8 Å². The van der Waals surface area contributed by atoms with Gasteiger partial charge in [0.1, 0.15) is 6.61 Å². The Morgan fingerprint density at radius 2 is 2.13 bits per heavy atom. The highest BCUT2D eigenvalue weighted by Crippen LogP contribution is 2.00. The lowest BCUT2D eigenvalue weighted by atomic mass is 10.2. The maximum atomic E-state index is 11.1. The van der Waals surface area contributed by atoms with Crippen LogP contribution in [0.2, 0.25) is 0 Å². The fourth-order valence-electron chi connectivity index (χ4n) is 1.01. The summed E-state index contributed by atoms with van der Waals surface area (Å²) in [5, 5.41) is 2.51. The van der Waals surface area contributed by atoms with Crippen LogP contribution >= 0.6 is 0 Å². The summed E-state index contributed by atoms with van der Waals surface area (Å²) in [5.74, 6) is 0. The minimum Gasteiger partial charge on any atom is -0.444 e. The smallest absolute Gasteiger partial charge is 0.411 e. The summed E-state index contributed by atoms with van der Waals surface area (Å²) in [6, 6.07) is 9.57. The number of allylic oxidation sites excluding steroid dienone is 1. The van der Waals surface area contributed by atoms with Crippen molar-refractivity contribution in [3.05, 3.63) is 48.2 Å². The van der Waals surface area contributed by atoms with Crippen molar-refractivity contribution < 1.29 is 9.53 Å². The molecule has 0 saturated heterocycles. The van der Waals surface area contributed by atoms with E-state index in [0.717, 1.165) is 12.0 Å². The average Bonchev–Trinajstić information content (AvgIpc) is 2.28. The van der Waals surface area contributed by atoms with E-state index in [2.05, 4.69) is 5.32 Å². The van der Waals surface area contributed by atoms with E-state index in [9.17, 15) is 4.79 Å². The largest absolute Gasteiger partial charge is 0.444 e. The van der Waals surface area contributed by atoms with Gasteiger partial charge in [0.25, 0.3) is 0 Å². The number of carbonyl (C=O) groups excluding carboxylic acids is 1. The first-order chi connectivity index (χ1) is 7.33. The molecule has 1 N–H and O–H groups in total. The van der Waals surface area contributed by atoms with E-state index in [1.165, 1.54) is 0 Å². The molecule has 0 aliphatic rings. The second kappa shape index (κ2) is 6.65. The van der Waals surface area contributed by atoms with Gasteiger partial charge in [0.05, 0.1) is 0 Å². The maximum Gasteiger partial charge on any atom is 0.411 e. The monoisotopic (exact) mass is 205 g/mol. The van der Waals surface area contributed by atoms with Crippen LogP contribution in [0.4, 0.5) is 4.79 Å². The number of amides is 1. The number of ether oxygens (including phenoxy) is 1. The molecule has 0 fully saturated rings. The lowest BCUT2D eigenvalue weighted by Gasteiger charge is -2.03. The molecule has 1 aromatic rings. The molecule has 1 rings (SSSR count). The van der Waals surface area contributed by atoms with Crippen LogP contribution in [0.15, 0.2) is 42.6 Å². The zero-order valence-electron chi connectivity index (χ0n) is 8.77. The molecule has 3 heteroatoms. The van der Waals surface area contributed by atoms with Gasteiger partial charge >= 0.3 is 6.09 Å². The Balaban J connectivity index is 2.26. The summed E-state index contributed by atoms with van der Waals surface area (Å²) in [7, 11) is 0. The second-order valence-corrected chi connectivity index (χ2v) is 3.02. The summed E-state index contributed by atoms with van der Waals surface area (Å²) < 4.78 is 4.97. The van der Waals surface area contributed by atoms with Crippen LogP contribution in [-0.4, -0.2) is 6.09 Å². The normalized spacial score (nSPS) is 10.2. The van der Waals surface area contributed by atoms with Gasteiger partial charge in [0.15, 0.2) is 0 Å². The van der Waals surface area contributed by atoms with E-state index >= 15 is 0 Å². The lowest BCUT2D eigenvalue weighted by molar-refractivity contribution is 0.143. The molecule has 0 atom stereocenters. The zero-order valence-corrected chi connectivity index (χ0v) is 8.77. The third-order valence-corrected chi connectivity index (χ3v) is 1.77. The van der Waals surface area contributed by atoms with Crippen LogP contribution in [0, 0.1) is 0 Å². The summed E-state index contributed by atoms with van der Waals surface area (Å²) in [5.41, 5.74) is 0.979. The molecule has 0 unspecified atom stereocenters. The maximum absolute atomic E-state index is 11.1. The highest BCUT2D eigenvalue weighted by atomic mass is 16.5. The molecule has 1 amide bonds. The highest BCUT2D eigenvalue weighted by molar-refractivity contribution is 5.68. The third-order valence-electron chi connectivity index (χ3n) is 1.77. The quantitative estimate of drug-likeness (QED) is 0.820. The lowest BCUT2D eigenvalue weighted by Crippen LogP contribution is -2.18. The number of nitrogens with one attached hydrogen (secondary N) is 1. The molecular weight excluding hydrogens is 190 g/mol. The van der Waals surface area contributed by atoms with Crippen molar-refractivity contribution in [3.8, 4) is 0 Å². The Morgan fingerprint density at radius 3 is 2.80 bits per heavy atom. The minimum atomic E-state index is -0.427. The molecular formula is C12H15NO2. The number of hydrogen-bond donors (Lipinski definition) is 1. The zero-order chi connectivity index (χ0) is 10.9. The summed E-state index contributed by atoms with van der Waals surface area (Å²) in [6.45, 7) is 2.29. The first-order valence-electron chi connectivity index (χ1n) is 4.95. The van der Waals surface area contributed by atoms with Gasteiger partial charge in [-0.2, -0.15) is 0 Å². The van der Waals surface area contributed by atoms with E-state index < -0.39 is 6.09 Å². The Bertz CT molecular complexity index is 320. The fraction of sp³-hybridized carbons (Fsp3) is 0.250. The SMILES string of the molecule is CC/C=C/NC(=O)OCc1ccccc1. The van der Waals surface area contributed by atoms with Gasteiger partial charge in [-0.05, 0) is 12.0 Å². The number of alkyl carbamates (subject to hydrolysis) is 1. The van der Waals surface area contributed by atoms with E-state index in [0.29, 0.717) is 6.61 Å². The fourth-order valence-corrected chi connectivity index (χ4v) is 1.01. The Kier molecular flexibility index (Phi) is 5.01. The standard InChI is InChI=1S/C12H15NO2/c1-2-3-9-13-12(14)15-10-11-7-5-4-6-8-11/h3-9H,2,10H2,1H3,(H,13,14)/b9-3+. The van der Waals surface area contributed by atoms with Crippen LogP contribution in [0.5, 0.6) is 0 Å². The first-order valence-corrected chi connectivity index (χ1v) is 4.95. The molecule has 3 nitrogen and oxygen atoms in total. The van der Waals surface area contributed by atoms with Gasteiger partial charge in [-0.3, -0.25) is 5.32 Å². The molecule has 1 aromatic carbocycles. The van der Waals surface area contributed by atoms with Gasteiger partial charge in [0.2, 0.25) is 0 Å². The van der Waals surface area contributed by atoms with Crippen LogP contribution in [0.3, 0.4) is 0 Å². The second-order valence-electron chi connectivity index (χ2n) is 3.02. The predicted octanol–water partition coefficient (Wildman–Crippen LogP) is 2.84. The number of rotatable bonds is 4. The summed E-state index contributed by atoms with van der Waals surface area (Å²) in [4.78, 5) is 11.1. The van der Waals surface area contributed by atoms with Gasteiger partial charge in [-0.15, -0.1) is 0 Å². The summed E-state index contributed by atoms with van der Waals surface area (Å²) >= 11 is 0. The number of benzene rings is 1. The van der Waals surface area contributed by atoms with Crippen LogP contribution in [0.1, 0.15) is 18.9 Å². The third kappa shape index (κ3) is 4.86. The highest BCUT2D eigenvalue weighted by Gasteiger charge is 1.98. The Hall–Kier alpha value is -1.77. The predicted molar refractivity (Wildman–Crippen MR) is 59.2 cm³/mol. The topological polar surface area (TPSA) is 38.3 Å². The first kappa shape index (κ1) is 11.3. The van der Waals surface area contributed by atoms with Crippen LogP contribution in [0.25, 0.3) is 0 Å². The summed E-state index contributed by atoms with van der Waals surface area (Å²) in [6.07, 6.45) is 3.90. The van der Waals surface area contributed by atoms with Crippen molar-refractivity contribution in [2.24, 2.45) is 0 Å². The van der Waals surface area contributed by atoms with E-state index in [-0.39, 0.29) is 0 Å².